The molecule has 0 saturated heterocycles. The van der Waals surface area contributed by atoms with E-state index in [4.69, 9.17) is 9.84 Å². The van der Waals surface area contributed by atoms with Crippen LogP contribution in [0.5, 0.6) is 0 Å². The lowest BCUT2D eigenvalue weighted by molar-refractivity contribution is -0.119. The van der Waals surface area contributed by atoms with Crippen molar-refractivity contribution in [1.29, 1.82) is 0 Å². The van der Waals surface area contributed by atoms with Crippen molar-refractivity contribution in [2.45, 2.75) is 58.0 Å². The zero-order chi connectivity index (χ0) is 17.8. The maximum Gasteiger partial charge on any atom is 0.325 e. The molecule has 1 aliphatic rings. The first-order chi connectivity index (χ1) is 11.6. The highest BCUT2D eigenvalue weighted by Gasteiger charge is 2.21. The Labute approximate surface area is 143 Å². The third kappa shape index (κ3) is 7.74. The first-order valence-corrected chi connectivity index (χ1v) is 8.64. The lowest BCUT2D eigenvalue weighted by Gasteiger charge is -2.27. The molecule has 24 heavy (non-hydrogen) atoms. The molecule has 1 unspecified atom stereocenters. The van der Waals surface area contributed by atoms with Crippen LogP contribution in [0, 0.1) is 0 Å². The molecule has 3 amide bonds. The topological polar surface area (TPSA) is 103 Å². The molecule has 0 aromatic rings. The van der Waals surface area contributed by atoms with Crippen molar-refractivity contribution < 1.29 is 19.4 Å². The minimum atomic E-state index is -0.309. The smallest absolute Gasteiger partial charge is 0.325 e. The number of rotatable bonds is 11. The molecule has 138 valence electrons. The second-order valence-electron chi connectivity index (χ2n) is 5.88. The minimum Gasteiger partial charge on any atom is -0.394 e. The third-order valence-electron chi connectivity index (χ3n) is 3.94. The van der Waals surface area contributed by atoms with Gasteiger partial charge in [0, 0.05) is 20.1 Å². The number of ether oxygens (including phenoxy) is 1. The molecule has 1 aliphatic heterocycles. The van der Waals surface area contributed by atoms with Crippen LogP contribution in [0.2, 0.25) is 0 Å². The highest BCUT2D eigenvalue weighted by atomic mass is 16.5. The Morgan fingerprint density at radius 2 is 2.17 bits per heavy atom. The summed E-state index contributed by atoms with van der Waals surface area (Å²) >= 11 is 0. The van der Waals surface area contributed by atoms with E-state index in [9.17, 15) is 9.59 Å². The van der Waals surface area contributed by atoms with Crippen LogP contribution in [0.4, 0.5) is 4.79 Å². The Balaban J connectivity index is 2.29. The molecule has 0 aromatic carbocycles. The van der Waals surface area contributed by atoms with E-state index in [0.29, 0.717) is 19.4 Å². The van der Waals surface area contributed by atoms with Gasteiger partial charge < -0.3 is 14.7 Å². The van der Waals surface area contributed by atoms with Crippen LogP contribution in [0.3, 0.4) is 0 Å². The highest BCUT2D eigenvalue weighted by Crippen LogP contribution is 2.05. The molecule has 3 N–H and O–H groups in total. The van der Waals surface area contributed by atoms with E-state index >= 15 is 0 Å². The number of hydrogen-bond donors (Lipinski definition) is 3. The van der Waals surface area contributed by atoms with E-state index < -0.39 is 0 Å². The molecule has 0 aromatic heterocycles. The van der Waals surface area contributed by atoms with Gasteiger partial charge in [0.1, 0.15) is 6.67 Å². The molecule has 1 atom stereocenters. The number of aliphatic hydroxyl groups is 1. The van der Waals surface area contributed by atoms with Crippen LogP contribution in [0.25, 0.3) is 0 Å². The number of aliphatic hydroxyl groups excluding tert-OH is 1. The second-order valence-corrected chi connectivity index (χ2v) is 5.88. The van der Waals surface area contributed by atoms with Gasteiger partial charge in [0.15, 0.2) is 0 Å². The second kappa shape index (κ2) is 11.8. The van der Waals surface area contributed by atoms with Crippen LogP contribution in [-0.4, -0.2) is 60.9 Å². The number of hydrogen-bond acceptors (Lipinski definition) is 5. The van der Waals surface area contributed by atoms with Crippen LogP contribution in [0.15, 0.2) is 4.99 Å². The lowest BCUT2D eigenvalue weighted by atomic mass is 10.1. The molecule has 0 bridgehead atoms. The molecule has 0 fully saturated rings. The Bertz CT molecular complexity index is 424. The summed E-state index contributed by atoms with van der Waals surface area (Å²) in [7, 11) is 1.52. The average molecular weight is 342 g/mol. The van der Waals surface area contributed by atoms with Crippen LogP contribution >= 0.6 is 0 Å². The summed E-state index contributed by atoms with van der Waals surface area (Å²) < 4.78 is 5.06. The van der Waals surface area contributed by atoms with Gasteiger partial charge in [-0.25, -0.2) is 9.79 Å². The number of nitrogens with zero attached hydrogens (tertiary/aromatic N) is 2. The van der Waals surface area contributed by atoms with Crippen molar-refractivity contribution in [1.82, 2.24) is 15.5 Å². The number of nitrogens with one attached hydrogen (secondary N) is 2. The van der Waals surface area contributed by atoms with E-state index in [1.165, 1.54) is 24.9 Å². The van der Waals surface area contributed by atoms with Crippen molar-refractivity contribution in [3.05, 3.63) is 0 Å². The van der Waals surface area contributed by atoms with Gasteiger partial charge in [0.2, 0.25) is 11.9 Å². The fourth-order valence-corrected chi connectivity index (χ4v) is 2.35. The predicted molar refractivity (Wildman–Crippen MR) is 91.6 cm³/mol. The Hall–Kier alpha value is -1.67. The molecule has 8 heteroatoms. The standard InChI is InChI=1S/C16H30N4O4/c1-3-4-5-6-7-8-14(22)18-15-17-12-20(16(23)19-15)10-9-13(11-21)24-2/h13,21H,3-12H2,1-2H3,(H2,17,18,19,22,23). The number of guanidine groups is 1. The first kappa shape index (κ1) is 20.4. The summed E-state index contributed by atoms with van der Waals surface area (Å²) in [6, 6.07) is -0.309. The SMILES string of the molecule is CCCCCCCC(=O)NC1=NCN(CCC(CO)OC)C(=O)N1. The van der Waals surface area contributed by atoms with Gasteiger partial charge in [-0.05, 0) is 12.8 Å². The Morgan fingerprint density at radius 1 is 1.42 bits per heavy atom. The molecule has 1 heterocycles. The first-order valence-electron chi connectivity index (χ1n) is 8.64. The summed E-state index contributed by atoms with van der Waals surface area (Å²) in [5.41, 5.74) is 0. The maximum atomic E-state index is 12.0. The molecule has 0 saturated carbocycles. The van der Waals surface area contributed by atoms with Gasteiger partial charge in [0.05, 0.1) is 12.7 Å². The molecule has 0 spiro atoms. The van der Waals surface area contributed by atoms with Crippen molar-refractivity contribution in [2.75, 3.05) is 26.9 Å². The maximum absolute atomic E-state index is 12.0. The van der Waals surface area contributed by atoms with Gasteiger partial charge in [0.25, 0.3) is 0 Å². The molecular formula is C16H30N4O4. The number of carbonyl (C=O) groups excluding carboxylic acids is 2. The summed E-state index contributed by atoms with van der Waals surface area (Å²) in [4.78, 5) is 29.5. The monoisotopic (exact) mass is 342 g/mol. The fraction of sp³-hybridized carbons (Fsp3) is 0.812. The van der Waals surface area contributed by atoms with Crippen molar-refractivity contribution in [3.8, 4) is 0 Å². The van der Waals surface area contributed by atoms with E-state index in [2.05, 4.69) is 22.5 Å². The van der Waals surface area contributed by atoms with E-state index in [0.717, 1.165) is 19.3 Å². The number of methoxy groups -OCH3 is 1. The van der Waals surface area contributed by atoms with Gasteiger partial charge in [-0.3, -0.25) is 15.4 Å². The van der Waals surface area contributed by atoms with Gasteiger partial charge in [-0.1, -0.05) is 32.6 Å². The third-order valence-corrected chi connectivity index (χ3v) is 3.94. The largest absolute Gasteiger partial charge is 0.394 e. The lowest BCUT2D eigenvalue weighted by Crippen LogP contribution is -2.53. The van der Waals surface area contributed by atoms with E-state index in [1.807, 2.05) is 0 Å². The van der Waals surface area contributed by atoms with E-state index in [-0.39, 0.29) is 37.3 Å². The predicted octanol–water partition coefficient (Wildman–Crippen LogP) is 1.20. The summed E-state index contributed by atoms with van der Waals surface area (Å²) in [6.07, 6.45) is 6.07. The minimum absolute atomic E-state index is 0.0885. The normalized spacial score (nSPS) is 15.7. The molecule has 8 nitrogen and oxygen atoms in total. The summed E-state index contributed by atoms with van der Waals surface area (Å²) in [5.74, 6) is 0.0824. The highest BCUT2D eigenvalue weighted by molar-refractivity contribution is 6.05. The van der Waals surface area contributed by atoms with Gasteiger partial charge >= 0.3 is 6.03 Å². The number of aliphatic imine (C=N–C) groups is 1. The zero-order valence-electron chi connectivity index (χ0n) is 14.7. The van der Waals surface area contributed by atoms with Crippen molar-refractivity contribution in [2.24, 2.45) is 4.99 Å². The van der Waals surface area contributed by atoms with Crippen molar-refractivity contribution in [3.63, 3.8) is 0 Å². The number of carbonyl (C=O) groups is 2. The Morgan fingerprint density at radius 3 is 2.79 bits per heavy atom. The number of amides is 3. The van der Waals surface area contributed by atoms with Crippen LogP contribution in [-0.2, 0) is 9.53 Å². The van der Waals surface area contributed by atoms with Crippen LogP contribution < -0.4 is 10.6 Å². The zero-order valence-corrected chi connectivity index (χ0v) is 14.7. The van der Waals surface area contributed by atoms with Gasteiger partial charge in [-0.15, -0.1) is 0 Å². The van der Waals surface area contributed by atoms with Crippen molar-refractivity contribution >= 4 is 17.9 Å². The molecule has 0 radical (unpaired) electrons. The molecule has 0 aliphatic carbocycles. The molecule has 1 rings (SSSR count). The average Bonchev–Trinajstić information content (AvgIpc) is 2.57. The number of unbranched alkanes of at least 4 members (excludes halogenated alkanes) is 4. The number of urea groups is 1. The quantitative estimate of drug-likeness (QED) is 0.491. The van der Waals surface area contributed by atoms with Crippen LogP contribution in [0.1, 0.15) is 51.9 Å². The summed E-state index contributed by atoms with van der Waals surface area (Å²) in [5, 5.41) is 14.3. The fourth-order valence-electron chi connectivity index (χ4n) is 2.35. The summed E-state index contributed by atoms with van der Waals surface area (Å²) in [6.45, 7) is 2.67. The molecular weight excluding hydrogens is 312 g/mol. The van der Waals surface area contributed by atoms with Gasteiger partial charge in [-0.2, -0.15) is 0 Å². The Kier molecular flexibility index (Phi) is 10.0. The van der Waals surface area contributed by atoms with E-state index in [1.54, 1.807) is 0 Å².